The summed E-state index contributed by atoms with van der Waals surface area (Å²) in [5, 5.41) is 10.7. The molecule has 0 spiro atoms. The van der Waals surface area contributed by atoms with Crippen LogP contribution in [0.4, 0.5) is 5.69 Å². The number of nitrogens with zero attached hydrogens (tertiary/aromatic N) is 3. The molecular formula is C28H30ClN3O. The van der Waals surface area contributed by atoms with Crippen LogP contribution in [0.5, 0.6) is 0 Å². The molecule has 1 atom stereocenters. The average Bonchev–Trinajstić information content (AvgIpc) is 2.85. The lowest BCUT2D eigenvalue weighted by molar-refractivity contribution is 0.195. The van der Waals surface area contributed by atoms with Crippen molar-refractivity contribution in [3.63, 3.8) is 0 Å². The van der Waals surface area contributed by atoms with Gasteiger partial charge in [0.1, 0.15) is 6.07 Å². The predicted molar refractivity (Wildman–Crippen MR) is 135 cm³/mol. The topological polar surface area (TPSA) is 39.5 Å². The minimum absolute atomic E-state index is 0.145. The van der Waals surface area contributed by atoms with Gasteiger partial charge >= 0.3 is 0 Å². The molecule has 0 radical (unpaired) electrons. The summed E-state index contributed by atoms with van der Waals surface area (Å²) in [5.74, 6) is 0. The first kappa shape index (κ1) is 23.3. The zero-order valence-corrected chi connectivity index (χ0v) is 19.8. The first-order valence-corrected chi connectivity index (χ1v) is 11.9. The van der Waals surface area contributed by atoms with Gasteiger partial charge in [0.25, 0.3) is 0 Å². The molecule has 4 nitrogen and oxygen atoms in total. The number of methoxy groups -OCH3 is 1. The maximum absolute atomic E-state index is 9.96. The summed E-state index contributed by atoms with van der Waals surface area (Å²) in [4.78, 5) is 4.89. The van der Waals surface area contributed by atoms with E-state index in [1.165, 1.54) is 16.7 Å². The first-order valence-electron chi connectivity index (χ1n) is 11.5. The van der Waals surface area contributed by atoms with Gasteiger partial charge in [0, 0.05) is 44.9 Å². The Balaban J connectivity index is 1.60. The normalized spacial score (nSPS) is 16.5. The molecule has 0 aliphatic carbocycles. The Morgan fingerprint density at radius 1 is 1.00 bits per heavy atom. The van der Waals surface area contributed by atoms with Crippen LogP contribution < -0.4 is 4.90 Å². The van der Waals surface area contributed by atoms with Crippen LogP contribution in [0, 0.1) is 11.3 Å². The summed E-state index contributed by atoms with van der Waals surface area (Å²) in [6.45, 7) is 4.34. The number of hydrogen-bond donors (Lipinski definition) is 0. The maximum Gasteiger partial charge on any atom is 0.101 e. The number of nitriles is 1. The van der Waals surface area contributed by atoms with Crippen LogP contribution in [-0.4, -0.2) is 38.3 Å². The van der Waals surface area contributed by atoms with Crippen LogP contribution in [0.3, 0.4) is 0 Å². The predicted octanol–water partition coefficient (Wildman–Crippen LogP) is 5.85. The van der Waals surface area contributed by atoms with Crippen molar-refractivity contribution < 1.29 is 4.74 Å². The molecule has 0 aromatic heterocycles. The summed E-state index contributed by atoms with van der Waals surface area (Å²) in [7, 11) is 1.72. The minimum atomic E-state index is 0.145. The minimum Gasteiger partial charge on any atom is -0.385 e. The van der Waals surface area contributed by atoms with Gasteiger partial charge in [-0.2, -0.15) is 5.26 Å². The van der Waals surface area contributed by atoms with E-state index in [0.717, 1.165) is 61.9 Å². The lowest BCUT2D eigenvalue weighted by Crippen LogP contribution is -2.48. The molecule has 1 saturated heterocycles. The van der Waals surface area contributed by atoms with Gasteiger partial charge in [-0.25, -0.2) is 0 Å². The fourth-order valence-corrected chi connectivity index (χ4v) is 4.71. The quantitative estimate of drug-likeness (QED) is 0.396. The molecule has 1 aliphatic rings. The van der Waals surface area contributed by atoms with Crippen LogP contribution in [-0.2, 0) is 17.7 Å². The van der Waals surface area contributed by atoms with Gasteiger partial charge in [0.15, 0.2) is 0 Å². The molecule has 170 valence electrons. The van der Waals surface area contributed by atoms with Gasteiger partial charge in [-0.15, -0.1) is 0 Å². The van der Waals surface area contributed by atoms with Crippen LogP contribution in [0.2, 0.25) is 5.02 Å². The highest BCUT2D eigenvalue weighted by molar-refractivity contribution is 6.30. The monoisotopic (exact) mass is 459 g/mol. The fraction of sp³-hybridized carbons (Fsp3) is 0.321. The number of piperazine rings is 1. The second-order valence-corrected chi connectivity index (χ2v) is 8.98. The molecule has 0 saturated carbocycles. The molecule has 33 heavy (non-hydrogen) atoms. The van der Waals surface area contributed by atoms with Gasteiger partial charge < -0.3 is 9.64 Å². The highest BCUT2D eigenvalue weighted by Gasteiger charge is 2.30. The van der Waals surface area contributed by atoms with E-state index >= 15 is 0 Å². The van der Waals surface area contributed by atoms with E-state index < -0.39 is 0 Å². The molecule has 3 aromatic carbocycles. The summed E-state index contributed by atoms with van der Waals surface area (Å²) < 4.78 is 5.18. The smallest absolute Gasteiger partial charge is 0.101 e. The van der Waals surface area contributed by atoms with Crippen molar-refractivity contribution in [1.82, 2.24) is 4.90 Å². The van der Waals surface area contributed by atoms with Gasteiger partial charge in [0.2, 0.25) is 0 Å². The van der Waals surface area contributed by atoms with E-state index in [9.17, 15) is 5.26 Å². The number of halogens is 1. The largest absolute Gasteiger partial charge is 0.385 e. The Morgan fingerprint density at radius 3 is 2.52 bits per heavy atom. The molecule has 1 fully saturated rings. The van der Waals surface area contributed by atoms with E-state index in [-0.39, 0.29) is 6.04 Å². The molecular weight excluding hydrogens is 430 g/mol. The molecule has 1 aliphatic heterocycles. The van der Waals surface area contributed by atoms with Gasteiger partial charge in [-0.1, -0.05) is 60.1 Å². The molecule has 3 aromatic rings. The van der Waals surface area contributed by atoms with Gasteiger partial charge in [-0.05, 0) is 53.8 Å². The van der Waals surface area contributed by atoms with Crippen LogP contribution >= 0.6 is 11.6 Å². The Bertz CT molecular complexity index is 1080. The second-order valence-electron chi connectivity index (χ2n) is 8.54. The average molecular weight is 460 g/mol. The standard InChI is InChI=1S/C28H30ClN3O/c1-33-17-5-8-22-9-14-27(25(18-22)19-30)32-16-15-31(20-23-6-3-2-4-7-23)21-28(32)24-10-12-26(29)13-11-24/h2-4,6-7,9-14,18,28H,5,8,15-17,20-21H2,1H3/t28-/m0/s1. The van der Waals surface area contributed by atoms with Crippen molar-refractivity contribution in [3.8, 4) is 6.07 Å². The third-order valence-electron chi connectivity index (χ3n) is 6.27. The zero-order valence-electron chi connectivity index (χ0n) is 19.1. The maximum atomic E-state index is 9.96. The van der Waals surface area contributed by atoms with Gasteiger partial charge in [-0.3, -0.25) is 4.90 Å². The van der Waals surface area contributed by atoms with Crippen molar-refractivity contribution in [2.24, 2.45) is 0 Å². The molecule has 4 rings (SSSR count). The van der Waals surface area contributed by atoms with E-state index in [1.807, 2.05) is 18.2 Å². The van der Waals surface area contributed by atoms with Crippen molar-refractivity contribution in [1.29, 1.82) is 5.26 Å². The van der Waals surface area contributed by atoms with Crippen molar-refractivity contribution in [3.05, 3.63) is 100 Å². The SMILES string of the molecule is COCCCc1ccc(N2CCN(Cc3ccccc3)C[C@H]2c2ccc(Cl)cc2)c(C#N)c1. The number of hydrogen-bond acceptors (Lipinski definition) is 4. The van der Waals surface area contributed by atoms with Crippen LogP contribution in [0.15, 0.2) is 72.8 Å². The third kappa shape index (κ3) is 5.94. The van der Waals surface area contributed by atoms with E-state index in [2.05, 4.69) is 70.5 Å². The first-order chi connectivity index (χ1) is 16.2. The van der Waals surface area contributed by atoms with E-state index in [1.54, 1.807) is 7.11 Å². The molecule has 1 heterocycles. The Kier molecular flexibility index (Phi) is 8.01. The van der Waals surface area contributed by atoms with Crippen molar-refractivity contribution in [2.75, 3.05) is 38.3 Å². The number of aryl methyl sites for hydroxylation is 1. The number of anilines is 1. The lowest BCUT2D eigenvalue weighted by Gasteiger charge is -2.43. The highest BCUT2D eigenvalue weighted by atomic mass is 35.5. The van der Waals surface area contributed by atoms with Crippen LogP contribution in [0.1, 0.15) is 34.7 Å². The Labute approximate surface area is 202 Å². The number of ether oxygens (including phenoxy) is 1. The molecule has 5 heteroatoms. The Hall–Kier alpha value is -2.84. The summed E-state index contributed by atoms with van der Waals surface area (Å²) >= 11 is 6.18. The fourth-order valence-electron chi connectivity index (χ4n) is 4.58. The molecule has 0 amide bonds. The van der Waals surface area contributed by atoms with E-state index in [4.69, 9.17) is 16.3 Å². The summed E-state index contributed by atoms with van der Waals surface area (Å²) in [6.07, 6.45) is 1.86. The van der Waals surface area contributed by atoms with E-state index in [0.29, 0.717) is 0 Å². The zero-order chi connectivity index (χ0) is 23.0. The molecule has 0 bridgehead atoms. The highest BCUT2D eigenvalue weighted by Crippen LogP contribution is 2.34. The second kappa shape index (κ2) is 11.3. The third-order valence-corrected chi connectivity index (χ3v) is 6.53. The summed E-state index contributed by atoms with van der Waals surface area (Å²) in [5.41, 5.74) is 5.45. The van der Waals surface area contributed by atoms with Gasteiger partial charge in [0.05, 0.1) is 17.3 Å². The lowest BCUT2D eigenvalue weighted by atomic mass is 9.98. The summed E-state index contributed by atoms with van der Waals surface area (Å²) in [6, 6.07) is 27.6. The number of rotatable bonds is 8. The van der Waals surface area contributed by atoms with Crippen LogP contribution in [0.25, 0.3) is 0 Å². The number of benzene rings is 3. The Morgan fingerprint density at radius 2 is 1.79 bits per heavy atom. The van der Waals surface area contributed by atoms with Crippen molar-refractivity contribution >= 4 is 17.3 Å². The molecule has 0 unspecified atom stereocenters. The van der Waals surface area contributed by atoms with Crippen molar-refractivity contribution in [2.45, 2.75) is 25.4 Å². The molecule has 0 N–H and O–H groups in total.